The van der Waals surface area contributed by atoms with E-state index in [4.69, 9.17) is 0 Å². The number of carbonyl (C=O) groups excluding carboxylic acids is 1. The van der Waals surface area contributed by atoms with Gasteiger partial charge in [-0.05, 0) is 44.4 Å². The molecule has 1 aliphatic carbocycles. The van der Waals surface area contributed by atoms with Crippen LogP contribution in [0.1, 0.15) is 50.5 Å². The van der Waals surface area contributed by atoms with Crippen molar-refractivity contribution in [2.45, 2.75) is 63.6 Å². The van der Waals surface area contributed by atoms with Gasteiger partial charge in [0.1, 0.15) is 11.6 Å². The van der Waals surface area contributed by atoms with Crippen LogP contribution in [0.3, 0.4) is 0 Å². The molecule has 2 aliphatic rings. The summed E-state index contributed by atoms with van der Waals surface area (Å²) in [6.07, 6.45) is 6.53. The van der Waals surface area contributed by atoms with Gasteiger partial charge in [0.05, 0.1) is 6.54 Å². The van der Waals surface area contributed by atoms with E-state index in [1.54, 1.807) is 4.90 Å². The first-order chi connectivity index (χ1) is 11.1. The summed E-state index contributed by atoms with van der Waals surface area (Å²) < 4.78 is 28.0. The molecule has 1 N–H and O–H groups in total. The molecule has 24 heavy (non-hydrogen) atoms. The fourth-order valence-corrected chi connectivity index (χ4v) is 3.75. The standard InChI is InChI=1S/C18H24F2N2O.ClH/c19-16-8-3-9-17(20)15(16)12-22(14-6-1-2-7-14)18(23)11-13-5-4-10-21-13;/h3,8-9,13-14,21H,1-2,4-7,10-12H2;1H. The van der Waals surface area contributed by atoms with Crippen LogP contribution in [0.2, 0.25) is 0 Å². The average molecular weight is 359 g/mol. The van der Waals surface area contributed by atoms with Crippen molar-refractivity contribution in [2.75, 3.05) is 6.54 Å². The second kappa shape index (κ2) is 8.77. The molecule has 1 saturated heterocycles. The Balaban J connectivity index is 0.00000208. The van der Waals surface area contributed by atoms with Gasteiger partial charge in [0.2, 0.25) is 5.91 Å². The van der Waals surface area contributed by atoms with E-state index in [0.717, 1.165) is 45.1 Å². The minimum atomic E-state index is -0.570. The molecule has 1 amide bonds. The maximum Gasteiger partial charge on any atom is 0.224 e. The molecule has 1 heterocycles. The number of hydrogen-bond acceptors (Lipinski definition) is 2. The molecule has 1 aromatic carbocycles. The van der Waals surface area contributed by atoms with Gasteiger partial charge in [-0.1, -0.05) is 18.9 Å². The minimum absolute atomic E-state index is 0. The summed E-state index contributed by atoms with van der Waals surface area (Å²) in [6, 6.07) is 4.20. The van der Waals surface area contributed by atoms with Crippen LogP contribution in [0, 0.1) is 11.6 Å². The van der Waals surface area contributed by atoms with E-state index in [-0.39, 0.29) is 42.5 Å². The SMILES string of the molecule is Cl.O=C(CC1CCCN1)N(Cc1c(F)cccc1F)C1CCCC1. The molecule has 1 aliphatic heterocycles. The summed E-state index contributed by atoms with van der Waals surface area (Å²) in [4.78, 5) is 14.5. The molecule has 2 fully saturated rings. The molecule has 3 nitrogen and oxygen atoms in total. The van der Waals surface area contributed by atoms with Gasteiger partial charge in [0, 0.05) is 24.1 Å². The predicted molar refractivity (Wildman–Crippen MR) is 92.1 cm³/mol. The van der Waals surface area contributed by atoms with Crippen LogP contribution in [-0.2, 0) is 11.3 Å². The average Bonchev–Trinajstić information content (AvgIpc) is 3.20. The Hall–Kier alpha value is -1.20. The Morgan fingerprint density at radius 1 is 1.12 bits per heavy atom. The topological polar surface area (TPSA) is 32.3 Å². The Morgan fingerprint density at radius 3 is 2.38 bits per heavy atom. The second-order valence-electron chi connectivity index (χ2n) is 6.66. The maximum atomic E-state index is 14.0. The molecular weight excluding hydrogens is 334 g/mol. The summed E-state index contributed by atoms with van der Waals surface area (Å²) in [5.41, 5.74) is 0.00660. The Kier molecular flexibility index (Phi) is 6.99. The van der Waals surface area contributed by atoms with E-state index < -0.39 is 11.6 Å². The summed E-state index contributed by atoms with van der Waals surface area (Å²) in [7, 11) is 0. The molecule has 0 spiro atoms. The summed E-state index contributed by atoms with van der Waals surface area (Å²) >= 11 is 0. The zero-order valence-corrected chi connectivity index (χ0v) is 14.6. The van der Waals surface area contributed by atoms with Crippen LogP contribution in [0.4, 0.5) is 8.78 Å². The highest BCUT2D eigenvalue weighted by Gasteiger charge is 2.30. The van der Waals surface area contributed by atoms with E-state index in [2.05, 4.69) is 5.32 Å². The zero-order chi connectivity index (χ0) is 16.2. The van der Waals surface area contributed by atoms with Gasteiger partial charge in [-0.3, -0.25) is 4.79 Å². The van der Waals surface area contributed by atoms with Gasteiger partial charge in [-0.15, -0.1) is 12.4 Å². The summed E-state index contributed by atoms with van der Waals surface area (Å²) in [5.74, 6) is -1.13. The highest BCUT2D eigenvalue weighted by Crippen LogP contribution is 2.27. The van der Waals surface area contributed by atoms with E-state index in [0.29, 0.717) is 6.42 Å². The van der Waals surface area contributed by atoms with Crippen LogP contribution >= 0.6 is 12.4 Å². The van der Waals surface area contributed by atoms with Crippen LogP contribution in [0.25, 0.3) is 0 Å². The van der Waals surface area contributed by atoms with Crippen molar-refractivity contribution in [1.29, 1.82) is 0 Å². The van der Waals surface area contributed by atoms with Crippen molar-refractivity contribution in [3.8, 4) is 0 Å². The van der Waals surface area contributed by atoms with Crippen molar-refractivity contribution >= 4 is 18.3 Å². The van der Waals surface area contributed by atoms with Gasteiger partial charge >= 0.3 is 0 Å². The number of nitrogens with one attached hydrogen (secondary N) is 1. The smallest absolute Gasteiger partial charge is 0.224 e. The van der Waals surface area contributed by atoms with Crippen molar-refractivity contribution < 1.29 is 13.6 Å². The first-order valence-corrected chi connectivity index (χ1v) is 8.61. The number of rotatable bonds is 5. The van der Waals surface area contributed by atoms with Crippen LogP contribution in [0.5, 0.6) is 0 Å². The lowest BCUT2D eigenvalue weighted by Crippen LogP contribution is -2.41. The molecule has 1 saturated carbocycles. The lowest BCUT2D eigenvalue weighted by Gasteiger charge is -2.30. The molecule has 3 rings (SSSR count). The summed E-state index contributed by atoms with van der Waals surface area (Å²) in [6.45, 7) is 0.984. The fourth-order valence-electron chi connectivity index (χ4n) is 3.75. The number of benzene rings is 1. The largest absolute Gasteiger partial charge is 0.335 e. The monoisotopic (exact) mass is 358 g/mol. The van der Waals surface area contributed by atoms with Gasteiger partial charge in [-0.25, -0.2) is 8.78 Å². The Bertz CT molecular complexity index is 538. The molecular formula is C18H25ClF2N2O. The molecule has 1 aromatic rings. The second-order valence-corrected chi connectivity index (χ2v) is 6.66. The van der Waals surface area contributed by atoms with Gasteiger partial charge in [0.25, 0.3) is 0 Å². The van der Waals surface area contributed by atoms with Crippen molar-refractivity contribution in [3.05, 3.63) is 35.4 Å². The van der Waals surface area contributed by atoms with E-state index >= 15 is 0 Å². The van der Waals surface area contributed by atoms with Crippen molar-refractivity contribution in [3.63, 3.8) is 0 Å². The number of halogens is 3. The zero-order valence-electron chi connectivity index (χ0n) is 13.8. The molecule has 1 atom stereocenters. The first kappa shape index (κ1) is 19.1. The number of nitrogens with zero attached hydrogens (tertiary/aromatic N) is 1. The lowest BCUT2D eigenvalue weighted by molar-refractivity contribution is -0.134. The fraction of sp³-hybridized carbons (Fsp3) is 0.611. The normalized spacial score (nSPS) is 20.8. The van der Waals surface area contributed by atoms with Crippen molar-refractivity contribution in [1.82, 2.24) is 10.2 Å². The molecule has 1 unspecified atom stereocenters. The van der Waals surface area contributed by atoms with Gasteiger partial charge in [0.15, 0.2) is 0 Å². The van der Waals surface area contributed by atoms with Crippen LogP contribution in [0.15, 0.2) is 18.2 Å². The number of amides is 1. The first-order valence-electron chi connectivity index (χ1n) is 8.61. The minimum Gasteiger partial charge on any atom is -0.335 e. The molecule has 0 bridgehead atoms. The Labute approximate surface area is 148 Å². The van der Waals surface area contributed by atoms with E-state index in [1.165, 1.54) is 18.2 Å². The third kappa shape index (κ3) is 4.45. The molecule has 134 valence electrons. The highest BCUT2D eigenvalue weighted by atomic mass is 35.5. The molecule has 0 radical (unpaired) electrons. The third-order valence-electron chi connectivity index (χ3n) is 5.06. The van der Waals surface area contributed by atoms with Gasteiger partial charge in [-0.2, -0.15) is 0 Å². The predicted octanol–water partition coefficient (Wildman–Crippen LogP) is 3.80. The quantitative estimate of drug-likeness (QED) is 0.868. The van der Waals surface area contributed by atoms with E-state index in [9.17, 15) is 13.6 Å². The number of hydrogen-bond donors (Lipinski definition) is 1. The molecule has 0 aromatic heterocycles. The lowest BCUT2D eigenvalue weighted by atomic mass is 10.1. The summed E-state index contributed by atoms with van der Waals surface area (Å²) in [5, 5.41) is 3.32. The highest BCUT2D eigenvalue weighted by molar-refractivity contribution is 5.85. The van der Waals surface area contributed by atoms with Crippen LogP contribution in [-0.4, -0.2) is 29.4 Å². The van der Waals surface area contributed by atoms with Crippen LogP contribution < -0.4 is 5.32 Å². The van der Waals surface area contributed by atoms with E-state index in [1.807, 2.05) is 0 Å². The van der Waals surface area contributed by atoms with Gasteiger partial charge < -0.3 is 10.2 Å². The maximum absolute atomic E-state index is 14.0. The van der Waals surface area contributed by atoms with Crippen molar-refractivity contribution in [2.24, 2.45) is 0 Å². The number of carbonyl (C=O) groups is 1. The Morgan fingerprint density at radius 2 is 1.79 bits per heavy atom. The third-order valence-corrected chi connectivity index (χ3v) is 5.06. The molecule has 6 heteroatoms.